The van der Waals surface area contributed by atoms with Crippen LogP contribution in [0.5, 0.6) is 0 Å². The van der Waals surface area contributed by atoms with Crippen molar-refractivity contribution in [3.63, 3.8) is 0 Å². The van der Waals surface area contributed by atoms with Crippen molar-refractivity contribution in [1.82, 2.24) is 15.2 Å². The number of benzene rings is 1. The lowest BCUT2D eigenvalue weighted by Crippen LogP contribution is -2.57. The summed E-state index contributed by atoms with van der Waals surface area (Å²) in [7, 11) is 0. The van der Waals surface area contributed by atoms with Gasteiger partial charge in [-0.3, -0.25) is 14.4 Å². The van der Waals surface area contributed by atoms with Crippen molar-refractivity contribution in [2.45, 2.75) is 97.2 Å². The summed E-state index contributed by atoms with van der Waals surface area (Å²) in [5, 5.41) is 13.5. The Morgan fingerprint density at radius 1 is 1.13 bits per heavy atom. The third kappa shape index (κ3) is 6.70. The summed E-state index contributed by atoms with van der Waals surface area (Å²) in [4.78, 5) is 47.1. The highest BCUT2D eigenvalue weighted by atomic mass is 32.1. The van der Waals surface area contributed by atoms with E-state index in [1.807, 2.05) is 45.3 Å². The normalized spacial score (nSPS) is 21.3. The summed E-state index contributed by atoms with van der Waals surface area (Å²) >= 11 is 1.61. The van der Waals surface area contributed by atoms with E-state index in [1.54, 1.807) is 11.3 Å². The van der Waals surface area contributed by atoms with Gasteiger partial charge >= 0.3 is 0 Å². The van der Waals surface area contributed by atoms with Crippen LogP contribution in [0.3, 0.4) is 0 Å². The second kappa shape index (κ2) is 12.1. The fourth-order valence-electron chi connectivity index (χ4n) is 5.64. The van der Waals surface area contributed by atoms with Crippen LogP contribution in [0.4, 0.5) is 0 Å². The van der Waals surface area contributed by atoms with Crippen LogP contribution in [0.15, 0.2) is 29.8 Å². The van der Waals surface area contributed by atoms with Crippen molar-refractivity contribution in [1.29, 1.82) is 0 Å². The summed E-state index contributed by atoms with van der Waals surface area (Å²) in [6.07, 6.45) is 5.27. The van der Waals surface area contributed by atoms with Crippen molar-refractivity contribution in [2.75, 3.05) is 6.54 Å². The van der Waals surface area contributed by atoms with E-state index in [0.717, 1.165) is 53.8 Å². The van der Waals surface area contributed by atoms with Gasteiger partial charge in [0.15, 0.2) is 5.78 Å². The number of aliphatic hydroxyl groups excluding tert-OH is 1. The highest BCUT2D eigenvalue weighted by molar-refractivity contribution is 7.13. The van der Waals surface area contributed by atoms with Gasteiger partial charge in [-0.2, -0.15) is 0 Å². The quantitative estimate of drug-likeness (QED) is 0.507. The fraction of sp³-hybridized carbons (Fsp3) is 0.600. The molecule has 1 aromatic carbocycles. The molecule has 2 amide bonds. The molecule has 1 saturated heterocycles. The van der Waals surface area contributed by atoms with Gasteiger partial charge in [0.05, 0.1) is 28.2 Å². The maximum absolute atomic E-state index is 13.8. The van der Waals surface area contributed by atoms with Crippen molar-refractivity contribution >= 4 is 28.9 Å². The van der Waals surface area contributed by atoms with E-state index >= 15 is 0 Å². The molecule has 2 N–H and O–H groups in total. The second-order valence-corrected chi connectivity index (χ2v) is 12.8. The molecule has 1 saturated carbocycles. The Balaban J connectivity index is 1.41. The molecular weight excluding hydrogens is 498 g/mol. The van der Waals surface area contributed by atoms with Crippen molar-refractivity contribution < 1.29 is 19.5 Å². The number of aromatic nitrogens is 1. The molecule has 1 aliphatic heterocycles. The number of Topliss-reactive ketones (excluding diaryl/α,β-unsaturated/α-hetero) is 1. The first-order chi connectivity index (χ1) is 18.0. The smallest absolute Gasteiger partial charge is 0.246 e. The summed E-state index contributed by atoms with van der Waals surface area (Å²) in [5.74, 6) is -0.462. The minimum Gasteiger partial charge on any atom is -0.391 e. The summed E-state index contributed by atoms with van der Waals surface area (Å²) in [6.45, 7) is 7.89. The number of carbonyl (C=O) groups is 3. The van der Waals surface area contributed by atoms with Crippen molar-refractivity contribution in [3.05, 3.63) is 41.0 Å². The Bertz CT molecular complexity index is 1130. The van der Waals surface area contributed by atoms with E-state index in [1.165, 1.54) is 4.90 Å². The molecule has 206 valence electrons. The number of carbonyl (C=O) groups excluding carboxylic acids is 3. The molecule has 2 heterocycles. The van der Waals surface area contributed by atoms with E-state index in [-0.39, 0.29) is 42.9 Å². The lowest BCUT2D eigenvalue weighted by atomic mass is 9.83. The van der Waals surface area contributed by atoms with Crippen LogP contribution in [0.2, 0.25) is 0 Å². The zero-order chi connectivity index (χ0) is 27.4. The van der Waals surface area contributed by atoms with E-state index < -0.39 is 23.6 Å². The lowest BCUT2D eigenvalue weighted by Gasteiger charge is -2.36. The molecule has 38 heavy (non-hydrogen) atoms. The van der Waals surface area contributed by atoms with Crippen LogP contribution in [-0.4, -0.2) is 57.3 Å². The monoisotopic (exact) mass is 539 g/mol. The molecule has 0 spiro atoms. The number of rotatable bonds is 8. The number of ketones is 1. The highest BCUT2D eigenvalue weighted by Crippen LogP contribution is 2.30. The summed E-state index contributed by atoms with van der Waals surface area (Å²) in [5.41, 5.74) is 4.48. The number of amides is 2. The minimum absolute atomic E-state index is 0.0523. The number of β-amino-alcohol motifs (C(OH)–C–C–N with tert-alkyl or cyclic N) is 1. The van der Waals surface area contributed by atoms with E-state index in [4.69, 9.17) is 0 Å². The topological polar surface area (TPSA) is 99.6 Å². The van der Waals surface area contributed by atoms with Gasteiger partial charge in [-0.15, -0.1) is 11.3 Å². The average Bonchev–Trinajstić information content (AvgIpc) is 3.50. The average molecular weight is 540 g/mol. The maximum Gasteiger partial charge on any atom is 0.246 e. The van der Waals surface area contributed by atoms with Crippen molar-refractivity contribution in [3.8, 4) is 10.4 Å². The molecule has 2 aliphatic rings. The standard InChI is InChI=1S/C30H41N3O4S/c1-19-26(38-18-31-19)21-13-10-20(11-14-21)12-15-25(35)24-16-23(34)17-33(24)29(37)27(30(2,3)4)32-28(36)22-8-6-5-7-9-22/h10-11,13-14,18,22-24,27,34H,5-9,12,15-17H2,1-4H3,(H,32,36)/t23-,24+,27-/m1/s1. The first-order valence-electron chi connectivity index (χ1n) is 13.9. The van der Waals surface area contributed by atoms with Gasteiger partial charge in [0, 0.05) is 25.3 Å². The van der Waals surface area contributed by atoms with Gasteiger partial charge in [0.25, 0.3) is 0 Å². The fourth-order valence-corrected chi connectivity index (χ4v) is 6.45. The van der Waals surface area contributed by atoms with Gasteiger partial charge in [-0.25, -0.2) is 4.98 Å². The number of hydrogen-bond donors (Lipinski definition) is 2. The Morgan fingerprint density at radius 3 is 2.42 bits per heavy atom. The molecule has 3 atom stereocenters. The molecule has 0 bridgehead atoms. The zero-order valence-electron chi connectivity index (χ0n) is 23.0. The largest absolute Gasteiger partial charge is 0.391 e. The number of hydrogen-bond acceptors (Lipinski definition) is 6. The first-order valence-corrected chi connectivity index (χ1v) is 14.7. The zero-order valence-corrected chi connectivity index (χ0v) is 23.9. The van der Waals surface area contributed by atoms with Crippen LogP contribution < -0.4 is 5.32 Å². The molecule has 7 nitrogen and oxygen atoms in total. The van der Waals surface area contributed by atoms with Gasteiger partial charge in [-0.05, 0) is 42.7 Å². The van der Waals surface area contributed by atoms with E-state index in [9.17, 15) is 19.5 Å². The number of thiazole rings is 1. The van der Waals surface area contributed by atoms with Crippen LogP contribution >= 0.6 is 11.3 Å². The molecule has 1 aromatic heterocycles. The Morgan fingerprint density at radius 2 is 1.82 bits per heavy atom. The molecule has 8 heteroatoms. The summed E-state index contributed by atoms with van der Waals surface area (Å²) < 4.78 is 0. The molecule has 0 radical (unpaired) electrons. The number of aryl methyl sites for hydroxylation is 2. The van der Waals surface area contributed by atoms with Crippen LogP contribution in [-0.2, 0) is 20.8 Å². The van der Waals surface area contributed by atoms with Crippen LogP contribution in [0.1, 0.15) is 77.0 Å². The third-order valence-electron chi connectivity index (χ3n) is 7.93. The van der Waals surface area contributed by atoms with Gasteiger partial charge in [-0.1, -0.05) is 64.3 Å². The molecule has 2 fully saturated rings. The minimum atomic E-state index is -0.750. The molecular formula is C30H41N3O4S. The van der Waals surface area contributed by atoms with Gasteiger partial charge in [0.2, 0.25) is 11.8 Å². The SMILES string of the molecule is Cc1ncsc1-c1ccc(CCC(=O)[C@@H]2C[C@@H](O)CN2C(=O)[C@@H](NC(=O)C2CCCCC2)C(C)(C)C)cc1. The third-order valence-corrected chi connectivity index (χ3v) is 8.91. The molecule has 0 unspecified atom stereocenters. The summed E-state index contributed by atoms with van der Waals surface area (Å²) in [6, 6.07) is 6.75. The number of aliphatic hydroxyl groups is 1. The highest BCUT2D eigenvalue weighted by Gasteiger charge is 2.44. The molecule has 2 aromatic rings. The Hall–Kier alpha value is -2.58. The number of nitrogens with one attached hydrogen (secondary N) is 1. The van der Waals surface area contributed by atoms with Gasteiger partial charge < -0.3 is 15.3 Å². The predicted molar refractivity (Wildman–Crippen MR) is 150 cm³/mol. The van der Waals surface area contributed by atoms with Crippen LogP contribution in [0.25, 0.3) is 10.4 Å². The van der Waals surface area contributed by atoms with E-state index in [2.05, 4.69) is 22.4 Å². The number of nitrogens with zero attached hydrogens (tertiary/aromatic N) is 2. The molecule has 4 rings (SSSR count). The maximum atomic E-state index is 13.8. The first kappa shape index (κ1) is 28.4. The Labute approximate surface area is 230 Å². The van der Waals surface area contributed by atoms with Crippen LogP contribution in [0, 0.1) is 18.3 Å². The van der Waals surface area contributed by atoms with E-state index in [0.29, 0.717) is 6.42 Å². The molecule has 1 aliphatic carbocycles. The second-order valence-electron chi connectivity index (χ2n) is 12.0. The number of likely N-dealkylation sites (tertiary alicyclic amines) is 1. The lowest BCUT2D eigenvalue weighted by molar-refractivity contribution is -0.144. The van der Waals surface area contributed by atoms with Crippen molar-refractivity contribution in [2.24, 2.45) is 11.3 Å². The van der Waals surface area contributed by atoms with Gasteiger partial charge in [0.1, 0.15) is 6.04 Å². The Kier molecular flexibility index (Phi) is 9.04. The predicted octanol–water partition coefficient (Wildman–Crippen LogP) is 4.69.